The molecule has 3 amide bonds. The van der Waals surface area contributed by atoms with Gasteiger partial charge in [0.1, 0.15) is 5.54 Å². The number of aromatic nitrogens is 1. The van der Waals surface area contributed by atoms with E-state index in [1.807, 2.05) is 13.8 Å². The molecule has 1 atom stereocenters. The zero-order chi connectivity index (χ0) is 24.5. The van der Waals surface area contributed by atoms with Gasteiger partial charge < -0.3 is 5.32 Å². The molecule has 184 valence electrons. The Morgan fingerprint density at radius 1 is 1.24 bits per heavy atom. The first-order valence-corrected chi connectivity index (χ1v) is 12.4. The van der Waals surface area contributed by atoms with Crippen LogP contribution in [0, 0.1) is 12.8 Å². The smallest absolute Gasteiger partial charge is 0.323 e. The van der Waals surface area contributed by atoms with E-state index in [0.29, 0.717) is 57.4 Å². The average molecular weight is 495 g/mol. The van der Waals surface area contributed by atoms with Gasteiger partial charge in [-0.2, -0.15) is 13.2 Å². The largest absolute Gasteiger partial charge is 0.416 e. The standard InChI is InChI=1S/C24H29F3N4O2S/c1-3-23(21(32)31(22(33)29-23)12-9-20-16(2)28-15-34-20)18-7-10-30(11-8-18)14-17-5-4-6-19(13-17)24(25,26)27/h4-6,13,15,18H,3,7-12,14H2,1-2H3,(H,29,33)/t23-/m0/s1. The number of carbonyl (C=O) groups is 2. The summed E-state index contributed by atoms with van der Waals surface area (Å²) in [6.07, 6.45) is -1.87. The van der Waals surface area contributed by atoms with Crippen LogP contribution in [0.1, 0.15) is 47.9 Å². The number of hydrogen-bond acceptors (Lipinski definition) is 5. The van der Waals surface area contributed by atoms with Gasteiger partial charge in [0.2, 0.25) is 0 Å². The number of benzene rings is 1. The Hall–Kier alpha value is -2.46. The van der Waals surface area contributed by atoms with Gasteiger partial charge in [-0.15, -0.1) is 11.3 Å². The molecule has 2 fully saturated rings. The highest BCUT2D eigenvalue weighted by Gasteiger charge is 2.54. The fraction of sp³-hybridized carbons (Fsp3) is 0.542. The summed E-state index contributed by atoms with van der Waals surface area (Å²) in [6, 6.07) is 5.07. The molecular weight excluding hydrogens is 465 g/mol. The van der Waals surface area contributed by atoms with Crippen LogP contribution >= 0.6 is 11.3 Å². The predicted octanol–water partition coefficient (Wildman–Crippen LogP) is 4.63. The zero-order valence-corrected chi connectivity index (χ0v) is 20.1. The summed E-state index contributed by atoms with van der Waals surface area (Å²) in [5, 5.41) is 3.00. The topological polar surface area (TPSA) is 65.5 Å². The molecule has 0 aliphatic carbocycles. The highest BCUT2D eigenvalue weighted by Crippen LogP contribution is 2.37. The van der Waals surface area contributed by atoms with Crippen molar-refractivity contribution in [3.05, 3.63) is 51.5 Å². The molecular formula is C24H29F3N4O2S. The number of hydrogen-bond donors (Lipinski definition) is 1. The minimum absolute atomic E-state index is 0.0122. The van der Waals surface area contributed by atoms with Gasteiger partial charge in [-0.1, -0.05) is 25.1 Å². The summed E-state index contributed by atoms with van der Waals surface area (Å²) in [5.74, 6) is -0.180. The molecule has 34 heavy (non-hydrogen) atoms. The summed E-state index contributed by atoms with van der Waals surface area (Å²) in [6.45, 7) is 5.91. The molecule has 2 aromatic rings. The minimum atomic E-state index is -4.36. The fourth-order valence-electron chi connectivity index (χ4n) is 5.12. The maximum atomic E-state index is 13.4. The lowest BCUT2D eigenvalue weighted by atomic mass is 9.75. The van der Waals surface area contributed by atoms with Gasteiger partial charge in [0.05, 0.1) is 16.8 Å². The number of nitrogens with zero attached hydrogens (tertiary/aromatic N) is 3. The van der Waals surface area contributed by atoms with Crippen molar-refractivity contribution in [2.75, 3.05) is 19.6 Å². The molecule has 1 aromatic heterocycles. The average Bonchev–Trinajstić information content (AvgIpc) is 3.32. The number of halogens is 3. The molecule has 10 heteroatoms. The quantitative estimate of drug-likeness (QED) is 0.571. The van der Waals surface area contributed by atoms with Gasteiger partial charge in [-0.3, -0.25) is 14.6 Å². The second kappa shape index (κ2) is 9.65. The Balaban J connectivity index is 1.38. The number of imide groups is 1. The van der Waals surface area contributed by atoms with Crippen molar-refractivity contribution in [1.29, 1.82) is 0 Å². The molecule has 4 rings (SSSR count). The van der Waals surface area contributed by atoms with Crippen LogP contribution in [-0.2, 0) is 23.9 Å². The molecule has 6 nitrogen and oxygen atoms in total. The number of alkyl halides is 3. The summed E-state index contributed by atoms with van der Waals surface area (Å²) in [7, 11) is 0. The first-order valence-electron chi connectivity index (χ1n) is 11.6. The number of carbonyl (C=O) groups excluding carboxylic acids is 2. The highest BCUT2D eigenvalue weighted by molar-refractivity contribution is 7.09. The van der Waals surface area contributed by atoms with Crippen LogP contribution in [0.25, 0.3) is 0 Å². The van der Waals surface area contributed by atoms with E-state index in [1.165, 1.54) is 28.4 Å². The third-order valence-electron chi connectivity index (χ3n) is 7.11. The van der Waals surface area contributed by atoms with E-state index in [2.05, 4.69) is 15.2 Å². The summed E-state index contributed by atoms with van der Waals surface area (Å²) < 4.78 is 39.1. The molecule has 2 aliphatic heterocycles. The van der Waals surface area contributed by atoms with Crippen LogP contribution in [0.2, 0.25) is 0 Å². The van der Waals surface area contributed by atoms with E-state index in [9.17, 15) is 22.8 Å². The van der Waals surface area contributed by atoms with Gasteiger partial charge in [0.15, 0.2) is 0 Å². The van der Waals surface area contributed by atoms with Gasteiger partial charge in [-0.05, 0) is 56.8 Å². The number of likely N-dealkylation sites (tertiary alicyclic amines) is 1. The molecule has 0 bridgehead atoms. The van der Waals surface area contributed by atoms with Crippen molar-refractivity contribution in [2.24, 2.45) is 5.92 Å². The van der Waals surface area contributed by atoms with Crippen molar-refractivity contribution >= 4 is 23.3 Å². The van der Waals surface area contributed by atoms with Crippen LogP contribution in [0.4, 0.5) is 18.0 Å². The van der Waals surface area contributed by atoms with Crippen molar-refractivity contribution in [3.63, 3.8) is 0 Å². The second-order valence-corrected chi connectivity index (χ2v) is 10.0. The molecule has 0 spiro atoms. The van der Waals surface area contributed by atoms with Crippen molar-refractivity contribution in [1.82, 2.24) is 20.1 Å². The SMILES string of the molecule is CC[C@@]1(C2CCN(Cc3cccc(C(F)(F)F)c3)CC2)NC(=O)N(CCc2scnc2C)C1=O. The lowest BCUT2D eigenvalue weighted by Crippen LogP contribution is -2.55. The molecule has 0 radical (unpaired) electrons. The summed E-state index contributed by atoms with van der Waals surface area (Å²) in [4.78, 5) is 34.9. The summed E-state index contributed by atoms with van der Waals surface area (Å²) >= 11 is 1.52. The normalized spacial score (nSPS) is 22.4. The lowest BCUT2D eigenvalue weighted by molar-refractivity contribution is -0.137. The first kappa shape index (κ1) is 24.7. The number of thiazole rings is 1. The number of rotatable bonds is 7. The number of nitrogens with one attached hydrogen (secondary N) is 1. The van der Waals surface area contributed by atoms with Crippen LogP contribution < -0.4 is 5.32 Å². The van der Waals surface area contributed by atoms with Gasteiger partial charge in [0, 0.05) is 24.4 Å². The third kappa shape index (κ3) is 4.84. The summed E-state index contributed by atoms with van der Waals surface area (Å²) in [5.41, 5.74) is 1.75. The number of amides is 3. The molecule has 2 saturated heterocycles. The Morgan fingerprint density at radius 2 is 1.97 bits per heavy atom. The highest BCUT2D eigenvalue weighted by atomic mass is 32.1. The van der Waals surface area contributed by atoms with Gasteiger partial charge >= 0.3 is 12.2 Å². The molecule has 0 unspecified atom stereocenters. The van der Waals surface area contributed by atoms with E-state index >= 15 is 0 Å². The van der Waals surface area contributed by atoms with E-state index in [0.717, 1.165) is 16.6 Å². The monoisotopic (exact) mass is 494 g/mol. The van der Waals surface area contributed by atoms with Crippen molar-refractivity contribution < 1.29 is 22.8 Å². The Kier molecular flexibility index (Phi) is 7.00. The van der Waals surface area contributed by atoms with E-state index < -0.39 is 17.3 Å². The number of aryl methyl sites for hydroxylation is 1. The van der Waals surface area contributed by atoms with E-state index in [4.69, 9.17) is 0 Å². The molecule has 1 aromatic carbocycles. The van der Waals surface area contributed by atoms with Crippen LogP contribution in [0.3, 0.4) is 0 Å². The minimum Gasteiger partial charge on any atom is -0.323 e. The Bertz CT molecular complexity index is 1050. The molecule has 2 aliphatic rings. The lowest BCUT2D eigenvalue weighted by Gasteiger charge is -2.40. The van der Waals surface area contributed by atoms with Crippen LogP contribution in [0.15, 0.2) is 29.8 Å². The van der Waals surface area contributed by atoms with Crippen molar-refractivity contribution in [3.8, 4) is 0 Å². The molecule has 0 saturated carbocycles. The first-order chi connectivity index (χ1) is 16.1. The van der Waals surface area contributed by atoms with E-state index in [-0.39, 0.29) is 17.9 Å². The van der Waals surface area contributed by atoms with Gasteiger partial charge in [-0.25, -0.2) is 9.78 Å². The number of piperidine rings is 1. The van der Waals surface area contributed by atoms with Crippen LogP contribution in [0.5, 0.6) is 0 Å². The second-order valence-electron chi connectivity index (χ2n) is 9.07. The third-order valence-corrected chi connectivity index (χ3v) is 8.11. The fourth-order valence-corrected chi connectivity index (χ4v) is 5.89. The maximum Gasteiger partial charge on any atom is 0.416 e. The molecule has 3 heterocycles. The zero-order valence-electron chi connectivity index (χ0n) is 19.3. The predicted molar refractivity (Wildman–Crippen MR) is 123 cm³/mol. The Labute approximate surface area is 201 Å². The van der Waals surface area contributed by atoms with Crippen molar-refractivity contribution in [2.45, 2.75) is 57.8 Å². The molecule has 1 N–H and O–H groups in total. The Morgan fingerprint density at radius 3 is 2.59 bits per heavy atom. The maximum absolute atomic E-state index is 13.4. The van der Waals surface area contributed by atoms with Gasteiger partial charge in [0.25, 0.3) is 5.91 Å². The number of urea groups is 1. The van der Waals surface area contributed by atoms with Crippen LogP contribution in [-0.4, -0.2) is 51.9 Å². The van der Waals surface area contributed by atoms with E-state index in [1.54, 1.807) is 11.6 Å².